The van der Waals surface area contributed by atoms with E-state index in [1.165, 1.54) is 0 Å². The Kier molecular flexibility index (Phi) is 8.11. The first-order valence-electron chi connectivity index (χ1n) is 7.21. The number of alkyl halides is 20. The maximum absolute atomic E-state index is 13.4. The topological polar surface area (TPSA) is 0 Å². The van der Waals surface area contributed by atoms with Gasteiger partial charge in [0.15, 0.2) is 0 Å². The molecule has 0 aliphatic rings. The summed E-state index contributed by atoms with van der Waals surface area (Å²) in [6.45, 7) is 0. The van der Waals surface area contributed by atoms with Crippen LogP contribution in [0.5, 0.6) is 0 Å². The molecule has 0 spiro atoms. The van der Waals surface area contributed by atoms with E-state index in [1.807, 2.05) is 0 Å². The van der Waals surface area contributed by atoms with Crippen LogP contribution in [0, 0.1) is 0 Å². The van der Waals surface area contributed by atoms with E-state index in [1.54, 1.807) is 0 Å². The molecule has 194 valence electrons. The van der Waals surface area contributed by atoms with Gasteiger partial charge in [0.1, 0.15) is 0 Å². The number of hydrogen-bond donors (Lipinski definition) is 0. The third-order valence-electron chi connectivity index (χ3n) is 3.88. The van der Waals surface area contributed by atoms with Gasteiger partial charge >= 0.3 is 53.6 Å². The lowest BCUT2D eigenvalue weighted by Crippen LogP contribution is -2.77. The van der Waals surface area contributed by atoms with Gasteiger partial charge in [-0.2, -0.15) is 79.0 Å². The molecule has 0 heterocycles. The minimum atomic E-state index is -8.96. The van der Waals surface area contributed by atoms with Crippen molar-refractivity contribution in [3.05, 3.63) is 0 Å². The highest BCUT2D eigenvalue weighted by atomic mass is 127. The van der Waals surface area contributed by atoms with Gasteiger partial charge in [0.05, 0.1) is 0 Å². The molecule has 0 unspecified atom stereocenters. The molecule has 0 atom stereocenters. The second kappa shape index (κ2) is 8.26. The lowest BCUT2D eigenvalue weighted by atomic mass is 9.83. The van der Waals surface area contributed by atoms with E-state index >= 15 is 0 Å². The summed E-state index contributed by atoms with van der Waals surface area (Å²) in [5, 5.41) is 0. The Morgan fingerprint density at radius 2 is 0.688 bits per heavy atom. The van der Waals surface area contributed by atoms with E-state index in [4.69, 9.17) is 0 Å². The lowest BCUT2D eigenvalue weighted by Gasteiger charge is -2.45. The summed E-state index contributed by atoms with van der Waals surface area (Å²) in [5.74, 6) is -49.3. The van der Waals surface area contributed by atoms with Crippen LogP contribution in [0.1, 0.15) is 12.8 Å². The van der Waals surface area contributed by atoms with E-state index in [0.29, 0.717) is 0 Å². The SMILES string of the molecule is FC(F)(F)C(F)(C(F)(F)F)C(F)(F)C(F)(F)C(F)(F)C(F)(F)C(F)(F)C(F)(F)CCCI. The molecule has 0 saturated carbocycles. The molecule has 0 aliphatic heterocycles. The zero-order valence-corrected chi connectivity index (χ0v) is 16.3. The Hall–Kier alpha value is -0.600. The molecule has 0 saturated heterocycles. The van der Waals surface area contributed by atoms with Crippen LogP contribution in [0.25, 0.3) is 0 Å². The quantitative estimate of drug-likeness (QED) is 0.137. The molecule has 0 nitrogen and oxygen atoms in total. The maximum atomic E-state index is 13.4. The minimum Gasteiger partial charge on any atom is -0.216 e. The molecule has 0 radical (unpaired) electrons. The molecule has 0 N–H and O–H groups in total. The number of rotatable bonds is 9. The third-order valence-corrected chi connectivity index (χ3v) is 4.64. The predicted octanol–water partition coefficient (Wildman–Crippen LogP) is 7.85. The van der Waals surface area contributed by atoms with Gasteiger partial charge in [0.25, 0.3) is 0 Å². The van der Waals surface area contributed by atoms with Crippen LogP contribution >= 0.6 is 22.6 Å². The average Bonchev–Trinajstić information content (AvgIpc) is 2.56. The van der Waals surface area contributed by atoms with Gasteiger partial charge in [-0.15, -0.1) is 0 Å². The van der Waals surface area contributed by atoms with E-state index in [2.05, 4.69) is 0 Å². The van der Waals surface area contributed by atoms with E-state index in [-0.39, 0.29) is 0 Å². The largest absolute Gasteiger partial charge is 0.438 e. The minimum absolute atomic E-state index is 0.568. The fourth-order valence-corrected chi connectivity index (χ4v) is 2.38. The fourth-order valence-electron chi connectivity index (χ4n) is 2.00. The van der Waals surface area contributed by atoms with Gasteiger partial charge in [0.2, 0.25) is 0 Å². The van der Waals surface area contributed by atoms with Crippen molar-refractivity contribution >= 4 is 22.6 Å². The van der Waals surface area contributed by atoms with Crippen LogP contribution in [0.4, 0.5) is 83.4 Å². The molecule has 0 aromatic heterocycles. The first kappa shape index (κ1) is 31.4. The van der Waals surface area contributed by atoms with Crippen LogP contribution in [-0.4, -0.2) is 58.0 Å². The van der Waals surface area contributed by atoms with E-state index < -0.39 is 70.8 Å². The standard InChI is InChI=1S/C12H6F19I/c13-4(14,2-1-3-32)6(16,17)8(20,21)10(24,25)9(22,23)7(18,19)5(15,11(26,27)28)12(29,30)31/h1-3H2. The summed E-state index contributed by atoms with van der Waals surface area (Å²) >= 11 is 1.15. The van der Waals surface area contributed by atoms with Gasteiger partial charge in [-0.05, 0) is 10.8 Å². The molecular formula is C12H6F19I. The Morgan fingerprint density at radius 1 is 0.406 bits per heavy atom. The first-order valence-corrected chi connectivity index (χ1v) is 8.74. The smallest absolute Gasteiger partial charge is 0.216 e. The van der Waals surface area contributed by atoms with Gasteiger partial charge in [-0.25, -0.2) is 4.39 Å². The predicted molar refractivity (Wildman–Crippen MR) is 73.8 cm³/mol. The zero-order chi connectivity index (χ0) is 26.6. The summed E-state index contributed by atoms with van der Waals surface area (Å²) in [5.41, 5.74) is -8.70. The Bertz CT molecular complexity index is 642. The number of halogens is 20. The van der Waals surface area contributed by atoms with Crippen LogP contribution in [0.3, 0.4) is 0 Å². The van der Waals surface area contributed by atoms with Gasteiger partial charge in [0, 0.05) is 6.42 Å². The van der Waals surface area contributed by atoms with Crippen molar-refractivity contribution in [1.82, 2.24) is 0 Å². The van der Waals surface area contributed by atoms with Crippen molar-refractivity contribution in [2.75, 3.05) is 4.43 Å². The van der Waals surface area contributed by atoms with Crippen molar-refractivity contribution in [1.29, 1.82) is 0 Å². The summed E-state index contributed by atoms with van der Waals surface area (Å²) < 4.78 is 247. The van der Waals surface area contributed by atoms with Gasteiger partial charge in [-0.1, -0.05) is 22.6 Å². The van der Waals surface area contributed by atoms with Crippen molar-refractivity contribution in [2.24, 2.45) is 0 Å². The van der Waals surface area contributed by atoms with Crippen molar-refractivity contribution in [2.45, 2.75) is 66.4 Å². The molecule has 20 heteroatoms. The van der Waals surface area contributed by atoms with Crippen LogP contribution < -0.4 is 0 Å². The lowest BCUT2D eigenvalue weighted by molar-refractivity contribution is -0.472. The highest BCUT2D eigenvalue weighted by Crippen LogP contribution is 2.66. The second-order valence-electron chi connectivity index (χ2n) is 6.02. The summed E-state index contributed by atoms with van der Waals surface area (Å²) in [4.78, 5) is 0. The maximum Gasteiger partial charge on any atom is 0.438 e. The average molecular weight is 638 g/mol. The van der Waals surface area contributed by atoms with Gasteiger partial charge < -0.3 is 0 Å². The zero-order valence-electron chi connectivity index (χ0n) is 14.2. The van der Waals surface area contributed by atoms with Gasteiger partial charge in [-0.3, -0.25) is 0 Å². The monoisotopic (exact) mass is 638 g/mol. The highest BCUT2D eigenvalue weighted by molar-refractivity contribution is 14.1. The molecule has 0 aromatic rings. The van der Waals surface area contributed by atoms with E-state index in [0.717, 1.165) is 22.6 Å². The molecule has 0 fully saturated rings. The normalized spacial score (nSPS) is 16.5. The fraction of sp³-hybridized carbons (Fsp3) is 1.00. The molecule has 0 aromatic carbocycles. The Labute approximate surface area is 177 Å². The van der Waals surface area contributed by atoms with Crippen molar-refractivity contribution < 1.29 is 83.4 Å². The molecule has 0 aliphatic carbocycles. The summed E-state index contributed by atoms with van der Waals surface area (Å²) in [6.07, 6.45) is -20.2. The van der Waals surface area contributed by atoms with E-state index in [9.17, 15) is 83.4 Å². The van der Waals surface area contributed by atoms with Crippen LogP contribution in [0.15, 0.2) is 0 Å². The second-order valence-corrected chi connectivity index (χ2v) is 7.10. The third kappa shape index (κ3) is 4.06. The van der Waals surface area contributed by atoms with Crippen LogP contribution in [-0.2, 0) is 0 Å². The number of hydrogen-bond acceptors (Lipinski definition) is 0. The molecule has 32 heavy (non-hydrogen) atoms. The molecule has 0 rings (SSSR count). The van der Waals surface area contributed by atoms with Crippen molar-refractivity contribution in [3.8, 4) is 0 Å². The summed E-state index contributed by atoms with van der Waals surface area (Å²) in [7, 11) is 0. The summed E-state index contributed by atoms with van der Waals surface area (Å²) in [6, 6.07) is 0. The first-order chi connectivity index (χ1) is 13.6. The Morgan fingerprint density at radius 3 is 0.969 bits per heavy atom. The molecular weight excluding hydrogens is 632 g/mol. The van der Waals surface area contributed by atoms with Crippen molar-refractivity contribution in [3.63, 3.8) is 0 Å². The molecule has 0 bridgehead atoms. The highest BCUT2D eigenvalue weighted by Gasteiger charge is 2.98. The van der Waals surface area contributed by atoms with Crippen LogP contribution in [0.2, 0.25) is 0 Å². The molecule has 0 amide bonds. The Balaban J connectivity index is 6.97.